The predicted octanol–water partition coefficient (Wildman–Crippen LogP) is 3.52. The normalized spacial score (nSPS) is 19.6. The SMILES string of the molecule is C=C=C(C)C1CCc2ccccc2C1. The first kappa shape index (κ1) is 9.30. The maximum atomic E-state index is 3.73. The maximum Gasteiger partial charge on any atom is -0.00864 e. The van der Waals surface area contributed by atoms with E-state index in [1.807, 2.05) is 0 Å². The Bertz CT molecular complexity index is 381. The van der Waals surface area contributed by atoms with Crippen molar-refractivity contribution in [3.05, 3.63) is 53.3 Å². The number of fused-ring (bicyclic) bond motifs is 1. The molecule has 1 unspecified atom stereocenters. The van der Waals surface area contributed by atoms with Gasteiger partial charge in [0.25, 0.3) is 0 Å². The van der Waals surface area contributed by atoms with Gasteiger partial charge in [0.15, 0.2) is 0 Å². The summed E-state index contributed by atoms with van der Waals surface area (Å²) in [6, 6.07) is 8.76. The van der Waals surface area contributed by atoms with Gasteiger partial charge in [-0.1, -0.05) is 30.8 Å². The second-order valence-electron chi connectivity index (χ2n) is 4.07. The minimum absolute atomic E-state index is 0.669. The van der Waals surface area contributed by atoms with Crippen LogP contribution < -0.4 is 0 Å². The number of aryl methyl sites for hydroxylation is 1. The van der Waals surface area contributed by atoms with Crippen LogP contribution in [0.4, 0.5) is 0 Å². The second kappa shape index (κ2) is 3.86. The minimum atomic E-state index is 0.669. The third-order valence-corrected chi connectivity index (χ3v) is 3.24. The van der Waals surface area contributed by atoms with Crippen LogP contribution in [0.25, 0.3) is 0 Å². The average Bonchev–Trinajstić information content (AvgIpc) is 2.27. The zero-order valence-corrected chi connectivity index (χ0v) is 8.72. The first-order chi connectivity index (χ1) is 6.81. The maximum absolute atomic E-state index is 3.73. The van der Waals surface area contributed by atoms with E-state index in [4.69, 9.17) is 0 Å². The van der Waals surface area contributed by atoms with E-state index in [9.17, 15) is 0 Å². The highest BCUT2D eigenvalue weighted by molar-refractivity contribution is 5.31. The van der Waals surface area contributed by atoms with Gasteiger partial charge in [0, 0.05) is 0 Å². The number of hydrogen-bond donors (Lipinski definition) is 0. The molecule has 0 fully saturated rings. The zero-order valence-electron chi connectivity index (χ0n) is 8.72. The molecular formula is C14H16. The first-order valence-corrected chi connectivity index (χ1v) is 5.24. The minimum Gasteiger partial charge on any atom is -0.130 e. The molecule has 14 heavy (non-hydrogen) atoms. The number of rotatable bonds is 1. The molecule has 72 valence electrons. The molecule has 1 aromatic rings. The smallest absolute Gasteiger partial charge is 0.00864 e. The molecule has 0 aliphatic heterocycles. The quantitative estimate of drug-likeness (QED) is 0.586. The van der Waals surface area contributed by atoms with Crippen LogP contribution in [-0.4, -0.2) is 0 Å². The highest BCUT2D eigenvalue weighted by Gasteiger charge is 2.18. The van der Waals surface area contributed by atoms with Crippen molar-refractivity contribution in [1.29, 1.82) is 0 Å². The Kier molecular flexibility index (Phi) is 2.56. The summed E-state index contributed by atoms with van der Waals surface area (Å²) < 4.78 is 0. The Balaban J connectivity index is 2.25. The summed E-state index contributed by atoms with van der Waals surface area (Å²) >= 11 is 0. The molecule has 0 aromatic heterocycles. The molecule has 1 aromatic carbocycles. The highest BCUT2D eigenvalue weighted by Crippen LogP contribution is 2.29. The van der Waals surface area contributed by atoms with Crippen LogP contribution >= 0.6 is 0 Å². The van der Waals surface area contributed by atoms with Crippen LogP contribution in [0, 0.1) is 5.92 Å². The molecule has 0 bridgehead atoms. The van der Waals surface area contributed by atoms with Crippen LogP contribution in [0.5, 0.6) is 0 Å². The van der Waals surface area contributed by atoms with E-state index in [-0.39, 0.29) is 0 Å². The van der Waals surface area contributed by atoms with Crippen LogP contribution in [0.1, 0.15) is 24.5 Å². The molecule has 2 rings (SSSR count). The monoisotopic (exact) mass is 184 g/mol. The molecule has 0 amide bonds. The summed E-state index contributed by atoms with van der Waals surface area (Å²) in [6.45, 7) is 5.87. The number of allylic oxidation sites excluding steroid dienone is 1. The van der Waals surface area contributed by atoms with Crippen molar-refractivity contribution in [2.75, 3.05) is 0 Å². The standard InChI is InChI=1S/C14H16/c1-3-11(2)13-9-8-12-6-4-5-7-14(12)10-13/h4-7,13H,1,8-10H2,2H3. The van der Waals surface area contributed by atoms with Crippen LogP contribution in [-0.2, 0) is 12.8 Å². The summed E-state index contributed by atoms with van der Waals surface area (Å²) in [4.78, 5) is 0. The van der Waals surface area contributed by atoms with Gasteiger partial charge in [-0.25, -0.2) is 0 Å². The summed E-state index contributed by atoms with van der Waals surface area (Å²) in [5.74, 6) is 0.669. The van der Waals surface area contributed by atoms with Crippen molar-refractivity contribution < 1.29 is 0 Å². The van der Waals surface area contributed by atoms with Crippen molar-refractivity contribution in [3.63, 3.8) is 0 Å². The Morgan fingerprint density at radius 3 is 2.79 bits per heavy atom. The lowest BCUT2D eigenvalue weighted by atomic mass is 9.81. The van der Waals surface area contributed by atoms with Gasteiger partial charge in [-0.3, -0.25) is 0 Å². The van der Waals surface area contributed by atoms with Gasteiger partial charge in [0.1, 0.15) is 0 Å². The summed E-state index contributed by atoms with van der Waals surface area (Å²) in [5.41, 5.74) is 7.39. The average molecular weight is 184 g/mol. The van der Waals surface area contributed by atoms with Crippen molar-refractivity contribution in [2.45, 2.75) is 26.2 Å². The molecule has 1 aliphatic rings. The van der Waals surface area contributed by atoms with Gasteiger partial charge in [-0.2, -0.15) is 0 Å². The topological polar surface area (TPSA) is 0 Å². The summed E-state index contributed by atoms with van der Waals surface area (Å²) in [5, 5.41) is 0. The third kappa shape index (κ3) is 1.66. The van der Waals surface area contributed by atoms with E-state index in [0.29, 0.717) is 5.92 Å². The van der Waals surface area contributed by atoms with Crippen LogP contribution in [0.3, 0.4) is 0 Å². The van der Waals surface area contributed by atoms with E-state index < -0.39 is 0 Å². The lowest BCUT2D eigenvalue weighted by Gasteiger charge is -2.24. The molecule has 0 saturated carbocycles. The fourth-order valence-electron chi connectivity index (χ4n) is 2.21. The van der Waals surface area contributed by atoms with E-state index >= 15 is 0 Å². The molecule has 1 atom stereocenters. The van der Waals surface area contributed by atoms with Crippen molar-refractivity contribution in [1.82, 2.24) is 0 Å². The van der Waals surface area contributed by atoms with Crippen LogP contribution in [0.2, 0.25) is 0 Å². The molecular weight excluding hydrogens is 168 g/mol. The molecule has 0 radical (unpaired) electrons. The number of benzene rings is 1. The Hall–Kier alpha value is -1.26. The predicted molar refractivity (Wildman–Crippen MR) is 60.3 cm³/mol. The molecule has 1 aliphatic carbocycles. The summed E-state index contributed by atoms with van der Waals surface area (Å²) in [6.07, 6.45) is 3.63. The lowest BCUT2D eigenvalue weighted by molar-refractivity contribution is 0.526. The first-order valence-electron chi connectivity index (χ1n) is 5.24. The van der Waals surface area contributed by atoms with Gasteiger partial charge in [-0.05, 0) is 48.8 Å². The Morgan fingerprint density at radius 2 is 2.07 bits per heavy atom. The van der Waals surface area contributed by atoms with Gasteiger partial charge in [0.2, 0.25) is 0 Å². The van der Waals surface area contributed by atoms with Gasteiger partial charge >= 0.3 is 0 Å². The van der Waals surface area contributed by atoms with Crippen LogP contribution in [0.15, 0.2) is 42.1 Å². The molecule has 0 N–H and O–H groups in total. The Morgan fingerprint density at radius 1 is 1.36 bits per heavy atom. The van der Waals surface area contributed by atoms with Gasteiger partial charge in [-0.15, -0.1) is 5.73 Å². The van der Waals surface area contributed by atoms with Gasteiger partial charge in [0.05, 0.1) is 0 Å². The van der Waals surface area contributed by atoms with E-state index in [0.717, 1.165) is 0 Å². The molecule has 0 nitrogen and oxygen atoms in total. The summed E-state index contributed by atoms with van der Waals surface area (Å²) in [7, 11) is 0. The van der Waals surface area contributed by atoms with Gasteiger partial charge < -0.3 is 0 Å². The number of hydrogen-bond acceptors (Lipinski definition) is 0. The second-order valence-corrected chi connectivity index (χ2v) is 4.07. The van der Waals surface area contributed by atoms with Crippen molar-refractivity contribution in [3.8, 4) is 0 Å². The van der Waals surface area contributed by atoms with E-state index in [1.54, 1.807) is 0 Å². The molecule has 0 spiro atoms. The van der Waals surface area contributed by atoms with E-state index in [1.165, 1.54) is 36.0 Å². The van der Waals surface area contributed by atoms with Crippen molar-refractivity contribution >= 4 is 0 Å². The molecule has 0 heterocycles. The fraction of sp³-hybridized carbons (Fsp3) is 0.357. The third-order valence-electron chi connectivity index (χ3n) is 3.24. The van der Waals surface area contributed by atoms with E-state index in [2.05, 4.69) is 43.5 Å². The van der Waals surface area contributed by atoms with Crippen molar-refractivity contribution in [2.24, 2.45) is 5.92 Å². The fourth-order valence-corrected chi connectivity index (χ4v) is 2.21. The zero-order chi connectivity index (χ0) is 9.97. The largest absolute Gasteiger partial charge is 0.130 e. The molecule has 0 saturated heterocycles. The highest BCUT2D eigenvalue weighted by atomic mass is 14.2. The molecule has 0 heteroatoms. The lowest BCUT2D eigenvalue weighted by Crippen LogP contribution is -2.14. The Labute approximate surface area is 86.0 Å².